The van der Waals surface area contributed by atoms with Crippen LogP contribution in [-0.2, 0) is 4.79 Å². The third-order valence-electron chi connectivity index (χ3n) is 6.91. The van der Waals surface area contributed by atoms with Gasteiger partial charge in [0.15, 0.2) is 0 Å². The number of carbonyl (C=O) groups is 1. The number of hydrogen-bond acceptors (Lipinski definition) is 2. The largest absolute Gasteiger partial charge is 0.481 e. The molecule has 33 heteroatoms. The van der Waals surface area contributed by atoms with E-state index in [0.29, 0.717) is 0 Å². The number of halogens is 30. The van der Waals surface area contributed by atoms with Crippen LogP contribution in [0.5, 0.6) is 0 Å². The third kappa shape index (κ3) is 7.70. The summed E-state index contributed by atoms with van der Waals surface area (Å²) in [6.07, 6.45) is -24.8. The molecule has 0 unspecified atom stereocenters. The van der Waals surface area contributed by atoms with E-state index >= 15 is 0 Å². The lowest BCUT2D eigenvalue weighted by Gasteiger charge is -2.43. The summed E-state index contributed by atoms with van der Waals surface area (Å²) in [6, 6.07) is 0. The molecule has 0 saturated carbocycles. The zero-order valence-corrected chi connectivity index (χ0v) is 24.4. The number of carboxylic acids is 1. The van der Waals surface area contributed by atoms with Crippen molar-refractivity contribution in [3.8, 4) is 0 Å². The molecule has 0 heterocycles. The van der Waals surface area contributed by atoms with Crippen LogP contribution >= 0.6 is 0 Å². The van der Waals surface area contributed by atoms with Gasteiger partial charge in [-0.05, 0) is 0 Å². The standard InChI is InChI=1S/C21H13F30NO2/c22-8(23,10(26,27)12(30,31)14(34,35)15(36,37)17(40,41)19(44,45)21(49,50)51)2-5-52(4-1-7(53)54)6-3-9(24,25)11(28,29)13(32,33)16(38,39)18(42,43)20(46,47)48/h1-6H2,(H,53,54). The van der Waals surface area contributed by atoms with Crippen molar-refractivity contribution in [2.45, 2.75) is 103 Å². The van der Waals surface area contributed by atoms with Gasteiger partial charge in [-0.2, -0.15) is 132 Å². The number of aliphatic carboxylic acids is 1. The van der Waals surface area contributed by atoms with Gasteiger partial charge in [-0.1, -0.05) is 0 Å². The van der Waals surface area contributed by atoms with Gasteiger partial charge in [-0.25, -0.2) is 0 Å². The predicted octanol–water partition coefficient (Wildman–Crippen LogP) is 10.3. The summed E-state index contributed by atoms with van der Waals surface area (Å²) >= 11 is 0. The molecule has 54 heavy (non-hydrogen) atoms. The molecule has 0 bridgehead atoms. The van der Waals surface area contributed by atoms with E-state index in [2.05, 4.69) is 0 Å². The molecule has 0 aromatic rings. The van der Waals surface area contributed by atoms with E-state index < -0.39 is 133 Å². The minimum Gasteiger partial charge on any atom is -0.481 e. The fourth-order valence-corrected chi connectivity index (χ4v) is 3.50. The molecular weight excluding hydrogens is 868 g/mol. The quantitative estimate of drug-likeness (QED) is 0.131. The average molecular weight is 881 g/mol. The minimum atomic E-state index is -9.09. The summed E-state index contributed by atoms with van der Waals surface area (Å²) in [5, 5.41) is 8.51. The second-order valence-electron chi connectivity index (χ2n) is 10.6. The van der Waals surface area contributed by atoms with Crippen LogP contribution < -0.4 is 0 Å². The van der Waals surface area contributed by atoms with Crippen LogP contribution in [0.2, 0.25) is 0 Å². The Morgan fingerprint density at radius 2 is 0.537 bits per heavy atom. The van der Waals surface area contributed by atoms with Crippen molar-refractivity contribution in [1.29, 1.82) is 0 Å². The normalized spacial score (nSPS) is 16.4. The minimum absolute atomic E-state index is 0.828. The molecule has 0 rings (SSSR count). The molecule has 0 fully saturated rings. The second-order valence-corrected chi connectivity index (χ2v) is 10.6. The molecule has 0 atom stereocenters. The van der Waals surface area contributed by atoms with E-state index in [4.69, 9.17) is 5.11 Å². The van der Waals surface area contributed by atoms with Crippen LogP contribution in [0, 0.1) is 0 Å². The Hall–Kier alpha value is -2.67. The van der Waals surface area contributed by atoms with Gasteiger partial charge in [0.05, 0.1) is 6.42 Å². The van der Waals surface area contributed by atoms with Crippen molar-refractivity contribution in [2.75, 3.05) is 19.6 Å². The molecule has 324 valence electrons. The van der Waals surface area contributed by atoms with Crippen molar-refractivity contribution in [3.05, 3.63) is 0 Å². The molecule has 0 spiro atoms. The number of nitrogens with zero attached hydrogens (tertiary/aromatic N) is 1. The van der Waals surface area contributed by atoms with Gasteiger partial charge in [0.25, 0.3) is 0 Å². The van der Waals surface area contributed by atoms with Crippen LogP contribution in [0.15, 0.2) is 0 Å². The maximum atomic E-state index is 14.2. The highest BCUT2D eigenvalue weighted by Gasteiger charge is 2.95. The highest BCUT2D eigenvalue weighted by Crippen LogP contribution is 2.65. The molecule has 0 aliphatic heterocycles. The van der Waals surface area contributed by atoms with E-state index in [1.54, 1.807) is 0 Å². The van der Waals surface area contributed by atoms with Gasteiger partial charge in [0.2, 0.25) is 0 Å². The van der Waals surface area contributed by atoms with Gasteiger partial charge in [0, 0.05) is 32.5 Å². The molecule has 0 aliphatic rings. The Morgan fingerprint density at radius 1 is 0.333 bits per heavy atom. The van der Waals surface area contributed by atoms with Gasteiger partial charge >= 0.3 is 89.4 Å². The highest BCUT2D eigenvalue weighted by atomic mass is 19.4. The van der Waals surface area contributed by atoms with Crippen LogP contribution in [0.1, 0.15) is 19.3 Å². The predicted molar refractivity (Wildman–Crippen MR) is 109 cm³/mol. The molecule has 0 aromatic carbocycles. The lowest BCUT2D eigenvalue weighted by Crippen LogP contribution is -2.74. The van der Waals surface area contributed by atoms with Gasteiger partial charge in [0.1, 0.15) is 0 Å². The van der Waals surface area contributed by atoms with Crippen molar-refractivity contribution in [1.82, 2.24) is 4.90 Å². The molecule has 0 aliphatic carbocycles. The van der Waals surface area contributed by atoms with Gasteiger partial charge in [-0.3, -0.25) is 4.79 Å². The lowest BCUT2D eigenvalue weighted by molar-refractivity contribution is -0.461. The second kappa shape index (κ2) is 14.1. The number of carboxylic acid groups (broad SMARTS) is 1. The Kier molecular flexibility index (Phi) is 13.4. The number of hydrogen-bond donors (Lipinski definition) is 1. The average Bonchev–Trinajstić information content (AvgIpc) is 2.94. The van der Waals surface area contributed by atoms with Crippen molar-refractivity contribution >= 4 is 5.97 Å². The zero-order valence-electron chi connectivity index (χ0n) is 24.4. The first-order valence-electron chi connectivity index (χ1n) is 12.6. The van der Waals surface area contributed by atoms with Crippen molar-refractivity contribution in [2.24, 2.45) is 0 Å². The van der Waals surface area contributed by atoms with Gasteiger partial charge < -0.3 is 10.0 Å². The van der Waals surface area contributed by atoms with Gasteiger partial charge in [-0.15, -0.1) is 0 Å². The zero-order chi connectivity index (χ0) is 44.4. The maximum absolute atomic E-state index is 14.2. The first kappa shape index (κ1) is 51.3. The Balaban J connectivity index is 6.74. The number of alkyl halides is 30. The molecular formula is C21H13F30NO2. The Morgan fingerprint density at radius 3 is 0.741 bits per heavy atom. The molecule has 0 amide bonds. The first-order valence-corrected chi connectivity index (χ1v) is 12.6. The van der Waals surface area contributed by atoms with Crippen molar-refractivity contribution < 1.29 is 142 Å². The smallest absolute Gasteiger partial charge is 0.460 e. The summed E-state index contributed by atoms with van der Waals surface area (Å²) in [7, 11) is 0. The first-order chi connectivity index (χ1) is 23.0. The summed E-state index contributed by atoms with van der Waals surface area (Å²) in [5.74, 6) is -103. The monoisotopic (exact) mass is 881 g/mol. The Bertz CT molecular complexity index is 1310. The van der Waals surface area contributed by atoms with E-state index in [-0.39, 0.29) is 0 Å². The lowest BCUT2D eigenvalue weighted by atomic mass is 9.88. The number of rotatable bonds is 19. The fraction of sp³-hybridized carbons (Fsp3) is 0.952. The van der Waals surface area contributed by atoms with E-state index in [0.717, 1.165) is 0 Å². The van der Waals surface area contributed by atoms with Crippen LogP contribution in [-0.4, -0.2) is 119 Å². The molecule has 1 N–H and O–H groups in total. The highest BCUT2D eigenvalue weighted by molar-refractivity contribution is 5.66. The van der Waals surface area contributed by atoms with E-state index in [9.17, 15) is 137 Å². The van der Waals surface area contributed by atoms with Crippen LogP contribution in [0.4, 0.5) is 132 Å². The maximum Gasteiger partial charge on any atom is 0.460 e. The molecule has 0 aromatic heterocycles. The third-order valence-corrected chi connectivity index (χ3v) is 6.91. The molecule has 3 nitrogen and oxygen atoms in total. The summed E-state index contributed by atoms with van der Waals surface area (Å²) in [6.45, 7) is -7.25. The van der Waals surface area contributed by atoms with E-state index in [1.165, 1.54) is 0 Å². The Labute approximate surface area is 276 Å². The van der Waals surface area contributed by atoms with E-state index in [1.807, 2.05) is 0 Å². The summed E-state index contributed by atoms with van der Waals surface area (Å²) in [4.78, 5) is 9.82. The summed E-state index contributed by atoms with van der Waals surface area (Å²) in [5.41, 5.74) is 0. The topological polar surface area (TPSA) is 40.5 Å². The SMILES string of the molecule is O=C(O)CCN(CCC(F)(F)C(F)(F)C(F)(F)C(F)(F)C(F)(F)C(F)(F)F)CCC(F)(F)C(F)(F)C(F)(F)C(F)(F)C(F)(F)C(F)(F)C(F)(F)C(F)(F)F. The van der Waals surface area contributed by atoms with Crippen LogP contribution in [0.3, 0.4) is 0 Å². The van der Waals surface area contributed by atoms with Crippen LogP contribution in [0.25, 0.3) is 0 Å². The fourth-order valence-electron chi connectivity index (χ4n) is 3.50. The molecule has 0 saturated heterocycles. The van der Waals surface area contributed by atoms with Crippen molar-refractivity contribution in [3.63, 3.8) is 0 Å². The summed E-state index contributed by atoms with van der Waals surface area (Å²) < 4.78 is 400. The molecule has 0 radical (unpaired) electrons.